The van der Waals surface area contributed by atoms with Crippen LogP contribution in [0.5, 0.6) is 0 Å². The summed E-state index contributed by atoms with van der Waals surface area (Å²) in [5.74, 6) is 0.246. The largest absolute Gasteiger partial charge is 0.345 e. The zero-order valence-electron chi connectivity index (χ0n) is 15.7. The number of hydrogen-bond acceptors (Lipinski definition) is 2. The quantitative estimate of drug-likeness (QED) is 0.748. The van der Waals surface area contributed by atoms with Gasteiger partial charge in [0.25, 0.3) is 5.91 Å². The molecule has 2 aliphatic rings. The zero-order chi connectivity index (χ0) is 19.7. The number of carbonyl (C=O) groups is 2. The number of amides is 2. The Kier molecular flexibility index (Phi) is 5.23. The smallest absolute Gasteiger partial charge is 0.252 e. The number of benzene rings is 2. The van der Waals surface area contributed by atoms with Crippen LogP contribution < -0.4 is 10.2 Å². The van der Waals surface area contributed by atoms with Crippen LogP contribution in [0.1, 0.15) is 46.8 Å². The average Bonchev–Trinajstić information content (AvgIpc) is 3.56. The van der Waals surface area contributed by atoms with E-state index in [1.807, 2.05) is 42.5 Å². The first kappa shape index (κ1) is 18.8. The molecule has 2 amide bonds. The Morgan fingerprint density at radius 1 is 1.18 bits per heavy atom. The predicted octanol–water partition coefficient (Wildman–Crippen LogP) is 4.69. The molecule has 0 aromatic heterocycles. The van der Waals surface area contributed by atoms with Crippen molar-refractivity contribution in [3.8, 4) is 0 Å². The molecule has 0 spiro atoms. The van der Waals surface area contributed by atoms with Crippen molar-refractivity contribution in [3.05, 3.63) is 76.8 Å². The predicted molar refractivity (Wildman–Crippen MR) is 112 cm³/mol. The topological polar surface area (TPSA) is 49.4 Å². The van der Waals surface area contributed by atoms with Crippen LogP contribution in [0.4, 0.5) is 5.69 Å². The Morgan fingerprint density at radius 2 is 1.93 bits per heavy atom. The Balaban J connectivity index is 1.62. The van der Waals surface area contributed by atoms with Crippen molar-refractivity contribution in [2.45, 2.75) is 31.7 Å². The van der Waals surface area contributed by atoms with E-state index in [0.717, 1.165) is 42.5 Å². The summed E-state index contributed by atoms with van der Waals surface area (Å²) in [6.07, 6.45) is 5.17. The number of fused-ring (bicyclic) bond motifs is 1. The summed E-state index contributed by atoms with van der Waals surface area (Å²) in [5, 5.41) is 3.92. The fourth-order valence-corrected chi connectivity index (χ4v) is 4.09. The van der Waals surface area contributed by atoms with Crippen molar-refractivity contribution in [1.82, 2.24) is 5.32 Å². The highest BCUT2D eigenvalue weighted by Gasteiger charge is 2.34. The molecule has 1 aliphatic carbocycles. The van der Waals surface area contributed by atoms with Gasteiger partial charge >= 0.3 is 0 Å². The van der Waals surface area contributed by atoms with Crippen LogP contribution in [-0.4, -0.2) is 18.4 Å². The van der Waals surface area contributed by atoms with E-state index in [4.69, 9.17) is 11.6 Å². The van der Waals surface area contributed by atoms with Gasteiger partial charge in [-0.2, -0.15) is 0 Å². The lowest BCUT2D eigenvalue weighted by atomic mass is 9.94. The van der Waals surface area contributed by atoms with Crippen LogP contribution in [0.25, 0.3) is 0 Å². The molecule has 0 saturated heterocycles. The van der Waals surface area contributed by atoms with Gasteiger partial charge in [-0.05, 0) is 73.1 Å². The van der Waals surface area contributed by atoms with Crippen LogP contribution in [-0.2, 0) is 11.2 Å². The van der Waals surface area contributed by atoms with Crippen LogP contribution in [0, 0.1) is 5.92 Å². The van der Waals surface area contributed by atoms with Gasteiger partial charge in [-0.1, -0.05) is 36.4 Å². The lowest BCUT2D eigenvalue weighted by Gasteiger charge is -2.30. The van der Waals surface area contributed by atoms with Crippen molar-refractivity contribution in [1.29, 1.82) is 0 Å². The van der Waals surface area contributed by atoms with Gasteiger partial charge in [-0.3, -0.25) is 9.59 Å². The molecule has 1 aliphatic heterocycles. The van der Waals surface area contributed by atoms with E-state index >= 15 is 0 Å². The summed E-state index contributed by atoms with van der Waals surface area (Å²) in [4.78, 5) is 27.1. The number of rotatable bonds is 5. The van der Waals surface area contributed by atoms with Gasteiger partial charge in [0.15, 0.2) is 0 Å². The van der Waals surface area contributed by atoms with E-state index in [0.29, 0.717) is 23.0 Å². The number of nitrogens with zero attached hydrogens (tertiary/aromatic N) is 1. The molecule has 2 aromatic rings. The minimum absolute atomic E-state index is 0.0184. The van der Waals surface area contributed by atoms with Gasteiger partial charge in [0.05, 0.1) is 6.04 Å². The molecule has 1 fully saturated rings. The first-order chi connectivity index (χ1) is 13.6. The summed E-state index contributed by atoms with van der Waals surface area (Å²) < 4.78 is 0. The standard InChI is InChI=1S/C23H23ClN2O2/c1-2-21(27)26-14-4-6-18-19(5-3-7-20(18)26)23(28)25-22(15-8-9-15)16-10-12-17(24)13-11-16/h2-3,5,7,10-13,15,22H,1,4,6,8-9,14H2,(H,25,28). The first-order valence-corrected chi connectivity index (χ1v) is 10.1. The number of carbonyl (C=O) groups excluding carboxylic acids is 2. The second kappa shape index (κ2) is 7.80. The minimum atomic E-state index is -0.129. The monoisotopic (exact) mass is 394 g/mol. The molecule has 1 atom stereocenters. The second-order valence-electron chi connectivity index (χ2n) is 7.44. The Morgan fingerprint density at radius 3 is 2.61 bits per heavy atom. The van der Waals surface area contributed by atoms with Gasteiger partial charge in [-0.25, -0.2) is 0 Å². The molecule has 1 saturated carbocycles. The van der Waals surface area contributed by atoms with E-state index in [2.05, 4.69) is 11.9 Å². The molecule has 4 nitrogen and oxygen atoms in total. The lowest BCUT2D eigenvalue weighted by molar-refractivity contribution is -0.114. The summed E-state index contributed by atoms with van der Waals surface area (Å²) >= 11 is 6.02. The van der Waals surface area contributed by atoms with E-state index < -0.39 is 0 Å². The molecule has 5 heteroatoms. The molecule has 1 unspecified atom stereocenters. The van der Waals surface area contributed by atoms with E-state index in [1.165, 1.54) is 6.08 Å². The van der Waals surface area contributed by atoms with Gasteiger partial charge in [0.2, 0.25) is 5.91 Å². The normalized spacial score (nSPS) is 16.8. The minimum Gasteiger partial charge on any atom is -0.345 e. The molecule has 0 bridgehead atoms. The number of anilines is 1. The highest BCUT2D eigenvalue weighted by atomic mass is 35.5. The molecule has 28 heavy (non-hydrogen) atoms. The molecule has 1 heterocycles. The SMILES string of the molecule is C=CC(=O)N1CCCc2c(C(=O)NC(c3ccc(Cl)cc3)C3CC3)cccc21. The van der Waals surface area contributed by atoms with E-state index in [-0.39, 0.29) is 17.9 Å². The molecule has 1 N–H and O–H groups in total. The van der Waals surface area contributed by atoms with Crippen molar-refractivity contribution in [2.75, 3.05) is 11.4 Å². The van der Waals surface area contributed by atoms with Gasteiger partial charge in [0, 0.05) is 22.8 Å². The van der Waals surface area contributed by atoms with Gasteiger partial charge < -0.3 is 10.2 Å². The Labute approximate surface area is 170 Å². The molecule has 144 valence electrons. The highest BCUT2D eigenvalue weighted by molar-refractivity contribution is 6.30. The highest BCUT2D eigenvalue weighted by Crippen LogP contribution is 2.41. The molecular weight excluding hydrogens is 372 g/mol. The maximum Gasteiger partial charge on any atom is 0.252 e. The number of hydrogen-bond donors (Lipinski definition) is 1. The number of halogens is 1. The van der Waals surface area contributed by atoms with Gasteiger partial charge in [-0.15, -0.1) is 0 Å². The van der Waals surface area contributed by atoms with Crippen LogP contribution in [0.2, 0.25) is 5.02 Å². The average molecular weight is 395 g/mol. The zero-order valence-corrected chi connectivity index (χ0v) is 16.4. The summed E-state index contributed by atoms with van der Waals surface area (Å²) in [6, 6.07) is 13.3. The van der Waals surface area contributed by atoms with Crippen LogP contribution >= 0.6 is 11.6 Å². The summed E-state index contributed by atoms with van der Waals surface area (Å²) in [6.45, 7) is 4.24. The summed E-state index contributed by atoms with van der Waals surface area (Å²) in [7, 11) is 0. The van der Waals surface area contributed by atoms with E-state index in [9.17, 15) is 9.59 Å². The van der Waals surface area contributed by atoms with Crippen molar-refractivity contribution >= 4 is 29.1 Å². The second-order valence-corrected chi connectivity index (χ2v) is 7.88. The molecule has 0 radical (unpaired) electrons. The Hall–Kier alpha value is -2.59. The fraction of sp³-hybridized carbons (Fsp3) is 0.304. The van der Waals surface area contributed by atoms with Crippen molar-refractivity contribution in [2.24, 2.45) is 5.92 Å². The summed E-state index contributed by atoms with van der Waals surface area (Å²) in [5.41, 5.74) is 3.48. The van der Waals surface area contributed by atoms with Crippen molar-refractivity contribution < 1.29 is 9.59 Å². The third-order valence-corrected chi connectivity index (χ3v) is 5.80. The lowest BCUT2D eigenvalue weighted by Crippen LogP contribution is -2.36. The molecule has 2 aromatic carbocycles. The third-order valence-electron chi connectivity index (χ3n) is 5.54. The maximum absolute atomic E-state index is 13.2. The number of nitrogens with one attached hydrogen (secondary N) is 1. The van der Waals surface area contributed by atoms with Crippen LogP contribution in [0.3, 0.4) is 0 Å². The molecular formula is C23H23ClN2O2. The fourth-order valence-electron chi connectivity index (χ4n) is 3.97. The van der Waals surface area contributed by atoms with Crippen molar-refractivity contribution in [3.63, 3.8) is 0 Å². The maximum atomic E-state index is 13.2. The third kappa shape index (κ3) is 3.69. The van der Waals surface area contributed by atoms with Crippen LogP contribution in [0.15, 0.2) is 55.1 Å². The molecule has 4 rings (SSSR count). The van der Waals surface area contributed by atoms with Gasteiger partial charge in [0.1, 0.15) is 0 Å². The first-order valence-electron chi connectivity index (χ1n) is 9.70. The van der Waals surface area contributed by atoms with E-state index in [1.54, 1.807) is 4.90 Å². The Bertz CT molecular complexity index is 919.